The van der Waals surface area contributed by atoms with E-state index in [4.69, 9.17) is 4.74 Å². The highest BCUT2D eigenvalue weighted by molar-refractivity contribution is 5.86. The van der Waals surface area contributed by atoms with E-state index < -0.39 is 5.97 Å². The topological polar surface area (TPSA) is 58.6 Å². The Labute approximate surface area is 96.4 Å². The highest BCUT2D eigenvalue weighted by Crippen LogP contribution is 1.91. The van der Waals surface area contributed by atoms with Crippen molar-refractivity contribution in [3.05, 3.63) is 12.2 Å². The van der Waals surface area contributed by atoms with Crippen LogP contribution in [0.25, 0.3) is 0 Å². The van der Waals surface area contributed by atoms with Crippen molar-refractivity contribution in [3.8, 4) is 0 Å². The Kier molecular flexibility index (Phi) is 7.00. The van der Waals surface area contributed by atoms with E-state index in [0.717, 1.165) is 0 Å². The molecule has 0 unspecified atom stereocenters. The number of hydrogen-bond donors (Lipinski definition) is 1. The SMILES string of the molecule is C=C(C)C(=O)OCCNC(=O)N(CC)CC. The molecule has 0 aromatic rings. The third kappa shape index (κ3) is 5.38. The number of rotatable bonds is 6. The van der Waals surface area contributed by atoms with Crippen LogP contribution in [0.5, 0.6) is 0 Å². The molecule has 0 atom stereocenters. The van der Waals surface area contributed by atoms with Gasteiger partial charge in [0.05, 0.1) is 6.54 Å². The van der Waals surface area contributed by atoms with Crippen molar-refractivity contribution in [1.29, 1.82) is 0 Å². The van der Waals surface area contributed by atoms with E-state index in [9.17, 15) is 9.59 Å². The molecule has 0 heterocycles. The van der Waals surface area contributed by atoms with Crippen LogP contribution in [0.15, 0.2) is 12.2 Å². The smallest absolute Gasteiger partial charge is 0.333 e. The van der Waals surface area contributed by atoms with Crippen molar-refractivity contribution < 1.29 is 14.3 Å². The van der Waals surface area contributed by atoms with Crippen molar-refractivity contribution >= 4 is 12.0 Å². The van der Waals surface area contributed by atoms with Gasteiger partial charge in [-0.05, 0) is 20.8 Å². The van der Waals surface area contributed by atoms with E-state index in [1.54, 1.807) is 11.8 Å². The first-order valence-electron chi connectivity index (χ1n) is 5.38. The first-order chi connectivity index (χ1) is 7.52. The Morgan fingerprint density at radius 3 is 2.31 bits per heavy atom. The summed E-state index contributed by atoms with van der Waals surface area (Å²) in [6.45, 7) is 10.6. The van der Waals surface area contributed by atoms with E-state index >= 15 is 0 Å². The van der Waals surface area contributed by atoms with Gasteiger partial charge in [-0.15, -0.1) is 0 Å². The standard InChI is InChI=1S/C11H20N2O3/c1-5-13(6-2)11(15)12-7-8-16-10(14)9(3)4/h3,5-8H2,1-2,4H3,(H,12,15). The second-order valence-electron chi connectivity index (χ2n) is 3.32. The fourth-order valence-corrected chi connectivity index (χ4v) is 1.05. The lowest BCUT2D eigenvalue weighted by Gasteiger charge is -2.19. The minimum Gasteiger partial charge on any atom is -0.460 e. The number of nitrogens with zero attached hydrogens (tertiary/aromatic N) is 1. The van der Waals surface area contributed by atoms with Gasteiger partial charge < -0.3 is 15.0 Å². The molecule has 0 aliphatic carbocycles. The maximum Gasteiger partial charge on any atom is 0.333 e. The van der Waals surface area contributed by atoms with E-state index in [-0.39, 0.29) is 12.6 Å². The lowest BCUT2D eigenvalue weighted by Crippen LogP contribution is -2.41. The molecule has 16 heavy (non-hydrogen) atoms. The summed E-state index contributed by atoms with van der Waals surface area (Å²) in [7, 11) is 0. The van der Waals surface area contributed by atoms with E-state index in [0.29, 0.717) is 25.2 Å². The molecule has 0 aliphatic rings. The van der Waals surface area contributed by atoms with Crippen LogP contribution in [0.3, 0.4) is 0 Å². The van der Waals surface area contributed by atoms with Gasteiger partial charge in [-0.2, -0.15) is 0 Å². The summed E-state index contributed by atoms with van der Waals surface area (Å²) in [6, 6.07) is -0.142. The molecule has 2 amide bonds. The minimum atomic E-state index is -0.433. The van der Waals surface area contributed by atoms with Gasteiger partial charge in [-0.25, -0.2) is 9.59 Å². The predicted octanol–water partition coefficient (Wildman–Crippen LogP) is 1.16. The van der Waals surface area contributed by atoms with Crippen LogP contribution < -0.4 is 5.32 Å². The number of hydrogen-bond acceptors (Lipinski definition) is 3. The number of urea groups is 1. The molecule has 0 aromatic carbocycles. The number of esters is 1. The molecule has 0 bridgehead atoms. The Balaban J connectivity index is 3.70. The van der Waals surface area contributed by atoms with Crippen LogP contribution in [-0.4, -0.2) is 43.1 Å². The number of amides is 2. The summed E-state index contributed by atoms with van der Waals surface area (Å²) in [5, 5.41) is 2.66. The maximum atomic E-state index is 11.4. The van der Waals surface area contributed by atoms with Crippen molar-refractivity contribution in [3.63, 3.8) is 0 Å². The quantitative estimate of drug-likeness (QED) is 0.421. The predicted molar refractivity (Wildman–Crippen MR) is 62.1 cm³/mol. The van der Waals surface area contributed by atoms with Crippen LogP contribution >= 0.6 is 0 Å². The second-order valence-corrected chi connectivity index (χ2v) is 3.32. The number of carbonyl (C=O) groups excluding carboxylic acids is 2. The molecule has 5 heteroatoms. The van der Waals surface area contributed by atoms with Gasteiger partial charge in [0.2, 0.25) is 0 Å². The highest BCUT2D eigenvalue weighted by Gasteiger charge is 2.08. The fourth-order valence-electron chi connectivity index (χ4n) is 1.05. The van der Waals surface area contributed by atoms with Gasteiger partial charge in [0, 0.05) is 18.7 Å². The Hall–Kier alpha value is -1.52. The van der Waals surface area contributed by atoms with Crippen LogP contribution in [-0.2, 0) is 9.53 Å². The van der Waals surface area contributed by atoms with Crippen molar-refractivity contribution in [2.24, 2.45) is 0 Å². The zero-order valence-electron chi connectivity index (χ0n) is 10.2. The molecule has 0 saturated carbocycles. The lowest BCUT2D eigenvalue weighted by molar-refractivity contribution is -0.138. The highest BCUT2D eigenvalue weighted by atomic mass is 16.5. The number of nitrogens with one attached hydrogen (secondary N) is 1. The molecule has 1 N–H and O–H groups in total. The van der Waals surface area contributed by atoms with E-state index in [2.05, 4.69) is 11.9 Å². The molecule has 5 nitrogen and oxygen atoms in total. The van der Waals surface area contributed by atoms with Gasteiger partial charge in [0.25, 0.3) is 0 Å². The Bertz CT molecular complexity index is 260. The summed E-state index contributed by atoms with van der Waals surface area (Å²) in [5.41, 5.74) is 0.357. The van der Waals surface area contributed by atoms with Crippen LogP contribution in [0.2, 0.25) is 0 Å². The molecule has 0 aromatic heterocycles. The molecule has 0 saturated heterocycles. The van der Waals surface area contributed by atoms with Crippen LogP contribution in [0.1, 0.15) is 20.8 Å². The third-order valence-electron chi connectivity index (χ3n) is 2.01. The fraction of sp³-hybridized carbons (Fsp3) is 0.636. The Morgan fingerprint density at radius 2 is 1.88 bits per heavy atom. The zero-order chi connectivity index (χ0) is 12.6. The molecular weight excluding hydrogens is 208 g/mol. The normalized spacial score (nSPS) is 9.44. The van der Waals surface area contributed by atoms with Crippen molar-refractivity contribution in [2.75, 3.05) is 26.2 Å². The summed E-state index contributed by atoms with van der Waals surface area (Å²) in [5.74, 6) is -0.433. The maximum absolute atomic E-state index is 11.4. The Morgan fingerprint density at radius 1 is 1.31 bits per heavy atom. The van der Waals surface area contributed by atoms with Crippen LogP contribution in [0.4, 0.5) is 4.79 Å². The average molecular weight is 228 g/mol. The second kappa shape index (κ2) is 7.73. The molecule has 0 radical (unpaired) electrons. The minimum absolute atomic E-state index is 0.142. The lowest BCUT2D eigenvalue weighted by atomic mass is 10.4. The number of ether oxygens (including phenoxy) is 1. The van der Waals surface area contributed by atoms with Gasteiger partial charge in [0.15, 0.2) is 0 Å². The molecule has 0 fully saturated rings. The van der Waals surface area contributed by atoms with Gasteiger partial charge in [0.1, 0.15) is 6.61 Å². The monoisotopic (exact) mass is 228 g/mol. The largest absolute Gasteiger partial charge is 0.460 e. The van der Waals surface area contributed by atoms with E-state index in [1.807, 2.05) is 13.8 Å². The summed E-state index contributed by atoms with van der Waals surface area (Å²) in [6.07, 6.45) is 0. The first-order valence-corrected chi connectivity index (χ1v) is 5.38. The molecule has 0 spiro atoms. The van der Waals surface area contributed by atoms with E-state index in [1.165, 1.54) is 0 Å². The molecule has 0 aliphatic heterocycles. The third-order valence-corrected chi connectivity index (χ3v) is 2.01. The first kappa shape index (κ1) is 14.5. The zero-order valence-corrected chi connectivity index (χ0v) is 10.2. The summed E-state index contributed by atoms with van der Waals surface area (Å²) >= 11 is 0. The molecule has 0 rings (SSSR count). The van der Waals surface area contributed by atoms with Gasteiger partial charge in [-0.1, -0.05) is 6.58 Å². The average Bonchev–Trinajstić information content (AvgIpc) is 2.25. The van der Waals surface area contributed by atoms with Crippen LogP contribution in [0, 0.1) is 0 Å². The van der Waals surface area contributed by atoms with Crippen molar-refractivity contribution in [1.82, 2.24) is 10.2 Å². The molecule has 92 valence electrons. The summed E-state index contributed by atoms with van der Waals surface area (Å²) < 4.78 is 4.83. The number of carbonyl (C=O) groups is 2. The van der Waals surface area contributed by atoms with Gasteiger partial charge >= 0.3 is 12.0 Å². The van der Waals surface area contributed by atoms with Gasteiger partial charge in [-0.3, -0.25) is 0 Å². The molecular formula is C11H20N2O3. The summed E-state index contributed by atoms with van der Waals surface area (Å²) in [4.78, 5) is 24.1. The van der Waals surface area contributed by atoms with Crippen molar-refractivity contribution in [2.45, 2.75) is 20.8 Å².